The number of anilines is 1. The highest BCUT2D eigenvalue weighted by molar-refractivity contribution is 5.94. The van der Waals surface area contributed by atoms with Gasteiger partial charge in [0.15, 0.2) is 5.96 Å². The van der Waals surface area contributed by atoms with Crippen molar-refractivity contribution in [1.29, 1.82) is 0 Å². The number of nitrogens with one attached hydrogen (secondary N) is 3. The van der Waals surface area contributed by atoms with Gasteiger partial charge in [0.25, 0.3) is 0 Å². The maximum atomic E-state index is 12.0. The van der Waals surface area contributed by atoms with E-state index in [0.29, 0.717) is 13.0 Å². The Morgan fingerprint density at radius 1 is 1.25 bits per heavy atom. The van der Waals surface area contributed by atoms with E-state index in [4.69, 9.17) is 9.73 Å². The molecule has 7 heteroatoms. The van der Waals surface area contributed by atoms with Gasteiger partial charge in [-0.1, -0.05) is 18.2 Å². The van der Waals surface area contributed by atoms with Crippen LogP contribution in [0, 0.1) is 0 Å². The van der Waals surface area contributed by atoms with Crippen molar-refractivity contribution in [3.63, 3.8) is 0 Å². The molecular formula is C21H33N5O2. The molecule has 0 aliphatic carbocycles. The average Bonchev–Trinajstić information content (AvgIpc) is 2.72. The summed E-state index contributed by atoms with van der Waals surface area (Å²) in [5.74, 6) is 1.03. The van der Waals surface area contributed by atoms with Gasteiger partial charge in [-0.05, 0) is 37.9 Å². The molecule has 1 unspecified atom stereocenters. The topological polar surface area (TPSA) is 78.0 Å². The van der Waals surface area contributed by atoms with Crippen LogP contribution in [0.3, 0.4) is 0 Å². The zero-order valence-corrected chi connectivity index (χ0v) is 16.9. The highest BCUT2D eigenvalue weighted by atomic mass is 16.5. The molecule has 1 fully saturated rings. The van der Waals surface area contributed by atoms with Crippen molar-refractivity contribution < 1.29 is 9.53 Å². The third kappa shape index (κ3) is 6.21. The van der Waals surface area contributed by atoms with E-state index in [9.17, 15) is 4.79 Å². The van der Waals surface area contributed by atoms with Crippen LogP contribution in [0.5, 0.6) is 0 Å². The summed E-state index contributed by atoms with van der Waals surface area (Å²) in [6.07, 6.45) is 2.76. The number of guanidine groups is 1. The van der Waals surface area contributed by atoms with Crippen LogP contribution >= 0.6 is 0 Å². The van der Waals surface area contributed by atoms with Gasteiger partial charge in [-0.2, -0.15) is 0 Å². The summed E-state index contributed by atoms with van der Waals surface area (Å²) in [5.41, 5.74) is 2.09. The van der Waals surface area contributed by atoms with Crippen molar-refractivity contribution in [2.24, 2.45) is 4.99 Å². The minimum Gasteiger partial charge on any atom is -0.379 e. The highest BCUT2D eigenvalue weighted by Crippen LogP contribution is 2.31. The maximum Gasteiger partial charge on any atom is 0.225 e. The number of carbonyl (C=O) groups excluding carboxylic acids is 1. The molecule has 28 heavy (non-hydrogen) atoms. The molecule has 7 nitrogen and oxygen atoms in total. The van der Waals surface area contributed by atoms with Crippen LogP contribution in [-0.4, -0.2) is 69.2 Å². The van der Waals surface area contributed by atoms with E-state index < -0.39 is 0 Å². The molecule has 1 atom stereocenters. The molecule has 3 rings (SSSR count). The summed E-state index contributed by atoms with van der Waals surface area (Å²) in [6.45, 7) is 9.34. The van der Waals surface area contributed by atoms with Crippen molar-refractivity contribution in [1.82, 2.24) is 15.5 Å². The predicted molar refractivity (Wildman–Crippen MR) is 113 cm³/mol. The number of para-hydroxylation sites is 1. The first kappa shape index (κ1) is 20.6. The third-order valence-electron chi connectivity index (χ3n) is 5.22. The molecule has 3 N–H and O–H groups in total. The van der Waals surface area contributed by atoms with Crippen molar-refractivity contribution >= 4 is 17.6 Å². The Bertz CT molecular complexity index is 658. The van der Waals surface area contributed by atoms with Crippen molar-refractivity contribution in [3.8, 4) is 0 Å². The van der Waals surface area contributed by atoms with Gasteiger partial charge in [-0.25, -0.2) is 0 Å². The number of nitrogens with zero attached hydrogens (tertiary/aromatic N) is 2. The summed E-state index contributed by atoms with van der Waals surface area (Å²) >= 11 is 0. The fourth-order valence-electron chi connectivity index (χ4n) is 3.70. The Balaban J connectivity index is 1.45. The molecule has 0 radical (unpaired) electrons. The Morgan fingerprint density at radius 2 is 2.07 bits per heavy atom. The molecule has 2 aliphatic rings. The van der Waals surface area contributed by atoms with E-state index in [1.54, 1.807) is 0 Å². The molecule has 2 heterocycles. The van der Waals surface area contributed by atoms with Crippen molar-refractivity contribution in [2.75, 3.05) is 57.8 Å². The first-order valence-electron chi connectivity index (χ1n) is 10.5. The molecular weight excluding hydrogens is 354 g/mol. The second-order valence-corrected chi connectivity index (χ2v) is 7.34. The lowest BCUT2D eigenvalue weighted by molar-refractivity contribution is -0.116. The molecule has 1 aromatic rings. The Kier molecular flexibility index (Phi) is 8.11. The normalized spacial score (nSPS) is 20.4. The Labute approximate surface area is 167 Å². The highest BCUT2D eigenvalue weighted by Gasteiger charge is 2.24. The van der Waals surface area contributed by atoms with E-state index in [2.05, 4.69) is 33.8 Å². The lowest BCUT2D eigenvalue weighted by atomic mass is 9.91. The van der Waals surface area contributed by atoms with E-state index >= 15 is 0 Å². The number of rotatable bonds is 8. The van der Waals surface area contributed by atoms with E-state index in [0.717, 1.165) is 64.0 Å². The predicted octanol–water partition coefficient (Wildman–Crippen LogP) is 1.78. The zero-order chi connectivity index (χ0) is 19.6. The first-order chi connectivity index (χ1) is 13.8. The molecule has 1 amide bonds. The van der Waals surface area contributed by atoms with E-state index in [-0.39, 0.29) is 11.8 Å². The van der Waals surface area contributed by atoms with Gasteiger partial charge in [-0.15, -0.1) is 0 Å². The zero-order valence-electron chi connectivity index (χ0n) is 16.9. The van der Waals surface area contributed by atoms with Gasteiger partial charge in [-0.3, -0.25) is 14.7 Å². The fourth-order valence-corrected chi connectivity index (χ4v) is 3.70. The van der Waals surface area contributed by atoms with Crippen molar-refractivity contribution in [3.05, 3.63) is 29.8 Å². The molecule has 0 spiro atoms. The summed E-state index contributed by atoms with van der Waals surface area (Å²) in [5, 5.41) is 9.68. The van der Waals surface area contributed by atoms with Crippen LogP contribution in [0.2, 0.25) is 0 Å². The second kappa shape index (κ2) is 11.0. The fraction of sp³-hybridized carbons (Fsp3) is 0.619. The van der Waals surface area contributed by atoms with Gasteiger partial charge in [0.05, 0.1) is 19.8 Å². The SMILES string of the molecule is CCNC(=NCC1CC(=O)Nc2ccccc21)NCCCCN1CCOCC1. The maximum absolute atomic E-state index is 12.0. The Hall–Kier alpha value is -2.12. The van der Waals surface area contributed by atoms with Gasteiger partial charge in [0.2, 0.25) is 5.91 Å². The van der Waals surface area contributed by atoms with Crippen molar-refractivity contribution in [2.45, 2.75) is 32.1 Å². The van der Waals surface area contributed by atoms with E-state index in [1.807, 2.05) is 18.2 Å². The minimum atomic E-state index is 0.0694. The number of amides is 1. The number of hydrogen-bond acceptors (Lipinski definition) is 4. The van der Waals surface area contributed by atoms with Gasteiger partial charge in [0, 0.05) is 44.2 Å². The number of morpholine rings is 1. The smallest absolute Gasteiger partial charge is 0.225 e. The molecule has 2 aliphatic heterocycles. The third-order valence-corrected chi connectivity index (χ3v) is 5.22. The molecule has 1 aromatic carbocycles. The van der Waals surface area contributed by atoms with Gasteiger partial charge < -0.3 is 20.7 Å². The van der Waals surface area contributed by atoms with Gasteiger partial charge in [0.1, 0.15) is 0 Å². The number of ether oxygens (including phenoxy) is 1. The number of unbranched alkanes of at least 4 members (excludes halogenated alkanes) is 1. The number of benzene rings is 1. The van der Waals surface area contributed by atoms with Gasteiger partial charge >= 0.3 is 0 Å². The summed E-state index contributed by atoms with van der Waals surface area (Å²) in [7, 11) is 0. The molecule has 0 saturated carbocycles. The number of hydrogen-bond donors (Lipinski definition) is 3. The minimum absolute atomic E-state index is 0.0694. The molecule has 0 bridgehead atoms. The summed E-state index contributed by atoms with van der Waals surface area (Å²) in [4.78, 5) is 19.2. The molecule has 0 aromatic heterocycles. The summed E-state index contributed by atoms with van der Waals surface area (Å²) in [6, 6.07) is 8.01. The quantitative estimate of drug-likeness (QED) is 0.360. The lowest BCUT2D eigenvalue weighted by Gasteiger charge is -2.26. The van der Waals surface area contributed by atoms with Crippen LogP contribution in [0.25, 0.3) is 0 Å². The lowest BCUT2D eigenvalue weighted by Crippen LogP contribution is -2.39. The number of fused-ring (bicyclic) bond motifs is 1. The monoisotopic (exact) mass is 387 g/mol. The largest absolute Gasteiger partial charge is 0.379 e. The van der Waals surface area contributed by atoms with E-state index in [1.165, 1.54) is 12.0 Å². The Morgan fingerprint density at radius 3 is 2.89 bits per heavy atom. The standard InChI is InChI=1S/C21H33N5O2/c1-2-22-21(23-9-5-6-10-26-11-13-28-14-12-26)24-16-17-15-20(27)25-19-8-4-3-7-18(17)19/h3-4,7-8,17H,2,5-6,9-16H2,1H3,(H,25,27)(H2,22,23,24). The van der Waals surface area contributed by atoms with Crippen LogP contribution in [0.4, 0.5) is 5.69 Å². The summed E-state index contributed by atoms with van der Waals surface area (Å²) < 4.78 is 5.39. The van der Waals surface area contributed by atoms with Crippen LogP contribution in [0.1, 0.15) is 37.7 Å². The second-order valence-electron chi connectivity index (χ2n) is 7.34. The average molecular weight is 388 g/mol. The van der Waals surface area contributed by atoms with Crippen LogP contribution in [0.15, 0.2) is 29.3 Å². The molecule has 1 saturated heterocycles. The van der Waals surface area contributed by atoms with Crippen LogP contribution < -0.4 is 16.0 Å². The first-order valence-corrected chi connectivity index (χ1v) is 10.5. The molecule has 154 valence electrons. The number of carbonyl (C=O) groups is 1. The van der Waals surface area contributed by atoms with Crippen LogP contribution in [-0.2, 0) is 9.53 Å². The number of aliphatic imine (C=N–C) groups is 1.